The van der Waals surface area contributed by atoms with Crippen LogP contribution in [0.4, 0.5) is 0 Å². The third-order valence-corrected chi connectivity index (χ3v) is 9.17. The minimum absolute atomic E-state index is 0.104. The Bertz CT molecular complexity index is 1230. The van der Waals surface area contributed by atoms with Crippen molar-refractivity contribution >= 4 is 45.1 Å². The highest BCUT2D eigenvalue weighted by Crippen LogP contribution is 2.44. The van der Waals surface area contributed by atoms with E-state index in [1.807, 2.05) is 16.2 Å². The first-order valence-corrected chi connectivity index (χ1v) is 13.9. The van der Waals surface area contributed by atoms with Gasteiger partial charge in [-0.3, -0.25) is 9.59 Å². The summed E-state index contributed by atoms with van der Waals surface area (Å²) in [6.07, 6.45) is 7.24. The van der Waals surface area contributed by atoms with E-state index in [0.29, 0.717) is 49.5 Å². The maximum atomic E-state index is 13.1. The number of amides is 2. The summed E-state index contributed by atoms with van der Waals surface area (Å²) in [4.78, 5) is 41.6. The highest BCUT2D eigenvalue weighted by Gasteiger charge is 2.31. The molecule has 3 aliphatic rings. The molecule has 0 aromatic carbocycles. The number of thiophene rings is 1. The Hall–Kier alpha value is -2.39. The normalized spacial score (nSPS) is 20.6. The van der Waals surface area contributed by atoms with E-state index in [-0.39, 0.29) is 11.8 Å². The lowest BCUT2D eigenvalue weighted by molar-refractivity contribution is -0.129. The van der Waals surface area contributed by atoms with E-state index >= 15 is 0 Å². The molecule has 1 unspecified atom stereocenters. The first kappa shape index (κ1) is 22.1. The van der Waals surface area contributed by atoms with Crippen molar-refractivity contribution < 1.29 is 14.0 Å². The molecule has 1 saturated heterocycles. The van der Waals surface area contributed by atoms with E-state index in [4.69, 9.17) is 14.4 Å². The predicted octanol–water partition coefficient (Wildman–Crippen LogP) is 4.36. The number of carbonyl (C=O) groups excluding carboxylic acids is 2. The monoisotopic (exact) mass is 496 g/mol. The Kier molecular flexibility index (Phi) is 5.85. The molecular formula is C25H28N4O3S2. The van der Waals surface area contributed by atoms with Crippen LogP contribution in [0.25, 0.3) is 10.2 Å². The van der Waals surface area contributed by atoms with Crippen LogP contribution in [0.3, 0.4) is 0 Å². The first-order chi connectivity index (χ1) is 16.6. The fourth-order valence-corrected chi connectivity index (χ4v) is 7.31. The lowest BCUT2D eigenvalue weighted by atomic mass is 9.89. The quantitative estimate of drug-likeness (QED) is 0.386. The number of thioether (sulfide) groups is 1. The summed E-state index contributed by atoms with van der Waals surface area (Å²) in [7, 11) is 0. The van der Waals surface area contributed by atoms with Crippen LogP contribution in [0.15, 0.2) is 27.8 Å². The van der Waals surface area contributed by atoms with Crippen LogP contribution in [0, 0.1) is 5.92 Å². The topological polar surface area (TPSA) is 79.5 Å². The molecule has 2 amide bonds. The van der Waals surface area contributed by atoms with Crippen molar-refractivity contribution in [3.63, 3.8) is 0 Å². The molecule has 4 heterocycles. The maximum absolute atomic E-state index is 13.1. The van der Waals surface area contributed by atoms with Crippen LogP contribution in [-0.2, 0) is 17.6 Å². The summed E-state index contributed by atoms with van der Waals surface area (Å²) >= 11 is 3.40. The number of nitrogens with zero attached hydrogens (tertiary/aromatic N) is 4. The van der Waals surface area contributed by atoms with Crippen LogP contribution < -0.4 is 0 Å². The lowest BCUT2D eigenvalue weighted by Crippen LogP contribution is -2.51. The molecule has 2 aliphatic carbocycles. The van der Waals surface area contributed by atoms with Crippen LogP contribution in [0.5, 0.6) is 0 Å². The van der Waals surface area contributed by atoms with Gasteiger partial charge in [0.1, 0.15) is 15.7 Å². The smallest absolute Gasteiger partial charge is 0.289 e. The standard InChI is InChI=1S/C25H28N4O3S2/c1-15-4-7-17-19(13-15)34-24-21(17)23(26-22(27-24)16-5-6-16)33-14-20(30)28-8-10-29(11-9-28)25(31)18-3-2-12-32-18/h2-3,12,15-16H,4-11,13-14H2,1H3. The van der Waals surface area contributed by atoms with Gasteiger partial charge in [-0.2, -0.15) is 0 Å². The number of piperazine rings is 1. The van der Waals surface area contributed by atoms with Crippen LogP contribution >= 0.6 is 23.1 Å². The molecule has 0 N–H and O–H groups in total. The van der Waals surface area contributed by atoms with Crippen molar-refractivity contribution in [2.75, 3.05) is 31.9 Å². The average molecular weight is 497 g/mol. The third kappa shape index (κ3) is 4.24. The molecule has 0 spiro atoms. The van der Waals surface area contributed by atoms with Crippen molar-refractivity contribution in [1.29, 1.82) is 0 Å². The molecule has 1 atom stereocenters. The second kappa shape index (κ2) is 9.00. The zero-order chi connectivity index (χ0) is 23.2. The maximum Gasteiger partial charge on any atom is 0.289 e. The van der Waals surface area contributed by atoms with Gasteiger partial charge in [0, 0.05) is 42.4 Å². The Morgan fingerprint density at radius 2 is 1.94 bits per heavy atom. The van der Waals surface area contributed by atoms with Crippen molar-refractivity contribution in [2.24, 2.45) is 5.92 Å². The van der Waals surface area contributed by atoms with Gasteiger partial charge in [0.2, 0.25) is 5.91 Å². The van der Waals surface area contributed by atoms with Crippen molar-refractivity contribution in [1.82, 2.24) is 19.8 Å². The minimum atomic E-state index is -0.112. The van der Waals surface area contributed by atoms with Gasteiger partial charge in [-0.05, 0) is 55.7 Å². The van der Waals surface area contributed by atoms with Crippen LogP contribution in [-0.4, -0.2) is 63.5 Å². The van der Waals surface area contributed by atoms with Crippen molar-refractivity contribution in [2.45, 2.75) is 50.0 Å². The zero-order valence-corrected chi connectivity index (χ0v) is 20.9. The number of fused-ring (bicyclic) bond motifs is 3. The largest absolute Gasteiger partial charge is 0.459 e. The van der Waals surface area contributed by atoms with E-state index in [1.165, 1.54) is 28.5 Å². The highest BCUT2D eigenvalue weighted by molar-refractivity contribution is 8.00. The molecule has 1 aliphatic heterocycles. The fourth-order valence-electron chi connectivity index (χ4n) is 4.89. The molecular weight excluding hydrogens is 468 g/mol. The number of furan rings is 1. The van der Waals surface area contributed by atoms with E-state index in [0.717, 1.165) is 41.4 Å². The van der Waals surface area contributed by atoms with Crippen LogP contribution in [0.2, 0.25) is 0 Å². The number of rotatable bonds is 5. The molecule has 3 aromatic heterocycles. The lowest BCUT2D eigenvalue weighted by Gasteiger charge is -2.34. The van der Waals surface area contributed by atoms with Gasteiger partial charge in [-0.25, -0.2) is 9.97 Å². The number of aryl methyl sites for hydroxylation is 1. The predicted molar refractivity (Wildman–Crippen MR) is 132 cm³/mol. The van der Waals surface area contributed by atoms with Crippen molar-refractivity contribution in [3.8, 4) is 0 Å². The van der Waals surface area contributed by atoms with E-state index < -0.39 is 0 Å². The van der Waals surface area contributed by atoms with Gasteiger partial charge < -0.3 is 14.2 Å². The number of carbonyl (C=O) groups is 2. The summed E-state index contributed by atoms with van der Waals surface area (Å²) in [6.45, 7) is 4.46. The highest BCUT2D eigenvalue weighted by atomic mass is 32.2. The number of hydrogen-bond donors (Lipinski definition) is 0. The molecule has 9 heteroatoms. The van der Waals surface area contributed by atoms with E-state index in [1.54, 1.807) is 28.8 Å². The zero-order valence-electron chi connectivity index (χ0n) is 19.3. The Morgan fingerprint density at radius 1 is 1.15 bits per heavy atom. The summed E-state index contributed by atoms with van der Waals surface area (Å²) in [5.41, 5.74) is 1.42. The van der Waals surface area contributed by atoms with E-state index in [2.05, 4.69) is 6.92 Å². The van der Waals surface area contributed by atoms with Gasteiger partial charge in [-0.1, -0.05) is 18.7 Å². The number of aromatic nitrogens is 2. The second-order valence-electron chi connectivity index (χ2n) is 9.63. The Balaban J connectivity index is 1.15. The Morgan fingerprint density at radius 3 is 2.68 bits per heavy atom. The SMILES string of the molecule is CC1CCc2c(sc3nc(C4CC4)nc(SCC(=O)N4CCN(C(=O)c5ccco5)CC4)c23)C1. The fraction of sp³-hybridized carbons (Fsp3) is 0.520. The molecule has 6 rings (SSSR count). The summed E-state index contributed by atoms with van der Waals surface area (Å²) in [5.74, 6) is 2.86. The van der Waals surface area contributed by atoms with Crippen LogP contribution in [0.1, 0.15) is 58.9 Å². The van der Waals surface area contributed by atoms with Gasteiger partial charge in [0.05, 0.1) is 12.0 Å². The Labute approximate surface area is 206 Å². The van der Waals surface area contributed by atoms with Gasteiger partial charge in [-0.15, -0.1) is 11.3 Å². The molecule has 1 saturated carbocycles. The molecule has 0 radical (unpaired) electrons. The molecule has 34 heavy (non-hydrogen) atoms. The third-order valence-electron chi connectivity index (χ3n) is 7.07. The van der Waals surface area contributed by atoms with Gasteiger partial charge in [0.25, 0.3) is 5.91 Å². The summed E-state index contributed by atoms with van der Waals surface area (Å²) < 4.78 is 5.23. The molecule has 2 fully saturated rings. The molecule has 7 nitrogen and oxygen atoms in total. The summed E-state index contributed by atoms with van der Waals surface area (Å²) in [6, 6.07) is 3.40. The first-order valence-electron chi connectivity index (χ1n) is 12.1. The average Bonchev–Trinajstić information content (AvgIpc) is 3.43. The molecule has 178 valence electrons. The molecule has 0 bridgehead atoms. The molecule has 3 aromatic rings. The van der Waals surface area contributed by atoms with Crippen molar-refractivity contribution in [3.05, 3.63) is 40.4 Å². The minimum Gasteiger partial charge on any atom is -0.459 e. The van der Waals surface area contributed by atoms with E-state index in [9.17, 15) is 9.59 Å². The van der Waals surface area contributed by atoms with Gasteiger partial charge in [0.15, 0.2) is 5.76 Å². The summed E-state index contributed by atoms with van der Waals surface area (Å²) in [5, 5.41) is 2.18. The van der Waals surface area contributed by atoms with Gasteiger partial charge >= 0.3 is 0 Å². The number of hydrogen-bond acceptors (Lipinski definition) is 7. The second-order valence-corrected chi connectivity index (χ2v) is 11.7.